The number of benzene rings is 2. The molecule has 0 radical (unpaired) electrons. The van der Waals surface area contributed by atoms with E-state index in [1.807, 2.05) is 31.2 Å². The number of phenols is 1. The summed E-state index contributed by atoms with van der Waals surface area (Å²) in [6.45, 7) is 12.0. The van der Waals surface area contributed by atoms with E-state index in [0.717, 1.165) is 54.5 Å². The van der Waals surface area contributed by atoms with Crippen LogP contribution in [0.3, 0.4) is 0 Å². The molecule has 5 nitrogen and oxygen atoms in total. The summed E-state index contributed by atoms with van der Waals surface area (Å²) in [5.74, 6) is 2.40. The van der Waals surface area contributed by atoms with Crippen molar-refractivity contribution in [2.24, 2.45) is 0 Å². The summed E-state index contributed by atoms with van der Waals surface area (Å²) in [5.41, 5.74) is 3.03. The van der Waals surface area contributed by atoms with Crippen molar-refractivity contribution in [3.05, 3.63) is 47.5 Å². The van der Waals surface area contributed by atoms with E-state index in [-0.39, 0.29) is 12.1 Å². The van der Waals surface area contributed by atoms with Gasteiger partial charge in [-0.15, -0.1) is 0 Å². The Morgan fingerprint density at radius 3 is 2.29 bits per heavy atom. The Balaban J connectivity index is 1.66. The minimum absolute atomic E-state index is 0.0266. The predicted molar refractivity (Wildman–Crippen MR) is 114 cm³/mol. The fraction of sp³-hybridized carbons (Fsp3) is 0.478. The summed E-state index contributed by atoms with van der Waals surface area (Å²) in [4.78, 5) is 4.73. The maximum Gasteiger partial charge on any atom is 0.149 e. The molecule has 1 saturated heterocycles. The molecule has 1 N–H and O–H groups in total. The van der Waals surface area contributed by atoms with E-state index in [4.69, 9.17) is 9.47 Å². The van der Waals surface area contributed by atoms with E-state index >= 15 is 0 Å². The molecule has 152 valence electrons. The van der Waals surface area contributed by atoms with Gasteiger partial charge in [-0.2, -0.15) is 0 Å². The third-order valence-corrected chi connectivity index (χ3v) is 5.50. The molecule has 1 atom stereocenters. The van der Waals surface area contributed by atoms with Gasteiger partial charge in [0.15, 0.2) is 0 Å². The van der Waals surface area contributed by atoms with E-state index in [1.54, 1.807) is 7.11 Å². The topological polar surface area (TPSA) is 45.2 Å². The van der Waals surface area contributed by atoms with Gasteiger partial charge in [-0.1, -0.05) is 26.0 Å². The minimum Gasteiger partial charge on any atom is -0.508 e. The number of para-hydroxylation sites is 2. The molecule has 0 amide bonds. The molecule has 0 bridgehead atoms. The van der Waals surface area contributed by atoms with Crippen molar-refractivity contribution >= 4 is 5.69 Å². The van der Waals surface area contributed by atoms with Gasteiger partial charge in [0, 0.05) is 31.7 Å². The zero-order chi connectivity index (χ0) is 20.3. The molecule has 1 unspecified atom stereocenters. The lowest BCUT2D eigenvalue weighted by Crippen LogP contribution is -2.51. The number of ether oxygens (including phenoxy) is 2. The second-order valence-electron chi connectivity index (χ2n) is 7.74. The van der Waals surface area contributed by atoms with Crippen LogP contribution in [0, 0.1) is 6.92 Å². The Bertz CT molecular complexity index is 798. The SMILES string of the molecule is COc1ccccc1N1CCN(C(C)Oc2cc(C)c(O)cc2C(C)C)CC1. The van der Waals surface area contributed by atoms with Crippen molar-refractivity contribution in [1.82, 2.24) is 4.90 Å². The molecule has 3 rings (SSSR count). The van der Waals surface area contributed by atoms with Crippen LogP contribution in [0.5, 0.6) is 17.2 Å². The Kier molecular flexibility index (Phi) is 6.35. The molecule has 0 saturated carbocycles. The molecule has 1 aliphatic heterocycles. The van der Waals surface area contributed by atoms with Crippen LogP contribution in [0.25, 0.3) is 0 Å². The summed E-state index contributed by atoms with van der Waals surface area (Å²) in [6, 6.07) is 12.0. The van der Waals surface area contributed by atoms with Gasteiger partial charge in [-0.05, 0) is 49.6 Å². The van der Waals surface area contributed by atoms with Gasteiger partial charge in [-0.25, -0.2) is 0 Å². The highest BCUT2D eigenvalue weighted by Gasteiger charge is 2.24. The Morgan fingerprint density at radius 1 is 0.964 bits per heavy atom. The lowest BCUT2D eigenvalue weighted by molar-refractivity contribution is 0.0347. The molecule has 0 spiro atoms. The molecule has 0 aromatic heterocycles. The molecule has 1 aliphatic rings. The monoisotopic (exact) mass is 384 g/mol. The van der Waals surface area contributed by atoms with Gasteiger partial charge >= 0.3 is 0 Å². The summed E-state index contributed by atoms with van der Waals surface area (Å²) in [7, 11) is 1.72. The van der Waals surface area contributed by atoms with Crippen LogP contribution in [0.15, 0.2) is 36.4 Å². The molecular weight excluding hydrogens is 352 g/mol. The average molecular weight is 385 g/mol. The van der Waals surface area contributed by atoms with E-state index < -0.39 is 0 Å². The van der Waals surface area contributed by atoms with Crippen LogP contribution in [-0.4, -0.2) is 49.5 Å². The first kappa shape index (κ1) is 20.3. The number of aryl methyl sites for hydroxylation is 1. The number of aromatic hydroxyl groups is 1. The van der Waals surface area contributed by atoms with Gasteiger partial charge < -0.3 is 19.5 Å². The largest absolute Gasteiger partial charge is 0.508 e. The standard InChI is InChI=1S/C23H32N2O3/c1-16(2)19-15-21(26)17(3)14-23(19)28-18(4)24-10-12-25(13-11-24)20-8-6-7-9-22(20)27-5/h6-9,14-16,18,26H,10-13H2,1-5H3. The van der Waals surface area contributed by atoms with Crippen LogP contribution < -0.4 is 14.4 Å². The van der Waals surface area contributed by atoms with Gasteiger partial charge in [0.1, 0.15) is 23.5 Å². The Morgan fingerprint density at radius 2 is 1.64 bits per heavy atom. The Labute approximate surface area is 168 Å². The second-order valence-corrected chi connectivity index (χ2v) is 7.74. The average Bonchev–Trinajstić information content (AvgIpc) is 2.70. The van der Waals surface area contributed by atoms with Crippen molar-refractivity contribution in [1.29, 1.82) is 0 Å². The van der Waals surface area contributed by atoms with E-state index in [2.05, 4.69) is 42.7 Å². The fourth-order valence-electron chi connectivity index (χ4n) is 3.72. The highest BCUT2D eigenvalue weighted by atomic mass is 16.5. The van der Waals surface area contributed by atoms with Gasteiger partial charge in [0.05, 0.1) is 12.8 Å². The summed E-state index contributed by atoms with van der Waals surface area (Å²) < 4.78 is 11.8. The molecule has 2 aromatic carbocycles. The fourth-order valence-corrected chi connectivity index (χ4v) is 3.72. The quantitative estimate of drug-likeness (QED) is 0.801. The number of anilines is 1. The van der Waals surface area contributed by atoms with Gasteiger partial charge in [0.2, 0.25) is 0 Å². The molecule has 1 heterocycles. The predicted octanol–water partition coefficient (Wildman–Crippen LogP) is 4.38. The molecule has 2 aromatic rings. The van der Waals surface area contributed by atoms with E-state index in [1.165, 1.54) is 0 Å². The summed E-state index contributed by atoms with van der Waals surface area (Å²) >= 11 is 0. The first-order chi connectivity index (χ1) is 13.4. The van der Waals surface area contributed by atoms with Crippen LogP contribution >= 0.6 is 0 Å². The number of piperazine rings is 1. The number of nitrogens with zero attached hydrogens (tertiary/aromatic N) is 2. The number of hydrogen-bond acceptors (Lipinski definition) is 5. The molecule has 28 heavy (non-hydrogen) atoms. The van der Waals surface area contributed by atoms with Crippen molar-refractivity contribution in [3.8, 4) is 17.2 Å². The molecule has 1 fully saturated rings. The van der Waals surface area contributed by atoms with Crippen LogP contribution in [0.2, 0.25) is 0 Å². The summed E-state index contributed by atoms with van der Waals surface area (Å²) in [6.07, 6.45) is -0.0266. The van der Waals surface area contributed by atoms with Crippen molar-refractivity contribution < 1.29 is 14.6 Å². The van der Waals surface area contributed by atoms with Crippen LogP contribution in [0.1, 0.15) is 37.8 Å². The minimum atomic E-state index is -0.0266. The van der Waals surface area contributed by atoms with Crippen LogP contribution in [-0.2, 0) is 0 Å². The third-order valence-electron chi connectivity index (χ3n) is 5.50. The van der Waals surface area contributed by atoms with E-state index in [9.17, 15) is 5.11 Å². The number of phenolic OH excluding ortho intramolecular Hbond substituents is 1. The molecule has 5 heteroatoms. The normalized spacial score (nSPS) is 16.3. The van der Waals surface area contributed by atoms with Crippen LogP contribution in [0.4, 0.5) is 5.69 Å². The van der Waals surface area contributed by atoms with Gasteiger partial charge in [0.25, 0.3) is 0 Å². The first-order valence-electron chi connectivity index (χ1n) is 10.0. The van der Waals surface area contributed by atoms with Gasteiger partial charge in [-0.3, -0.25) is 4.90 Å². The lowest BCUT2D eigenvalue weighted by atomic mass is 10.00. The van der Waals surface area contributed by atoms with Crippen molar-refractivity contribution in [2.75, 3.05) is 38.2 Å². The van der Waals surface area contributed by atoms with E-state index in [0.29, 0.717) is 5.75 Å². The first-order valence-corrected chi connectivity index (χ1v) is 10.0. The zero-order valence-electron chi connectivity index (χ0n) is 17.6. The number of methoxy groups -OCH3 is 1. The zero-order valence-corrected chi connectivity index (χ0v) is 17.6. The number of hydrogen-bond donors (Lipinski definition) is 1. The Hall–Kier alpha value is -2.40. The lowest BCUT2D eigenvalue weighted by Gasteiger charge is -2.39. The maximum absolute atomic E-state index is 10.1. The maximum atomic E-state index is 10.1. The number of rotatable bonds is 6. The highest BCUT2D eigenvalue weighted by Crippen LogP contribution is 2.34. The second kappa shape index (κ2) is 8.74. The van der Waals surface area contributed by atoms with Crippen molar-refractivity contribution in [2.45, 2.75) is 39.8 Å². The van der Waals surface area contributed by atoms with Crippen molar-refractivity contribution in [3.63, 3.8) is 0 Å². The molecule has 0 aliphatic carbocycles. The smallest absolute Gasteiger partial charge is 0.149 e. The third kappa shape index (κ3) is 4.36. The molecular formula is C23H32N2O3. The summed E-state index contributed by atoms with van der Waals surface area (Å²) in [5, 5.41) is 10.1. The highest BCUT2D eigenvalue weighted by molar-refractivity contribution is 5.58.